The Morgan fingerprint density at radius 2 is 0.815 bits per heavy atom. The summed E-state index contributed by atoms with van der Waals surface area (Å²) in [6.45, 7) is 14.3. The highest BCUT2D eigenvalue weighted by Crippen LogP contribution is 2.37. The van der Waals surface area contributed by atoms with E-state index in [9.17, 15) is 19.2 Å². The zero-order chi connectivity index (χ0) is 39.2. The number of hydrogen-bond acceptors (Lipinski definition) is 10. The van der Waals surface area contributed by atoms with Crippen LogP contribution in [0.1, 0.15) is 97.1 Å². The first-order valence-electron chi connectivity index (χ1n) is 17.7. The number of aromatic nitrogens is 2. The smallest absolute Gasteiger partial charge is 0.356 e. The molecule has 54 heavy (non-hydrogen) atoms. The molecule has 0 bridgehead atoms. The molecule has 0 saturated heterocycles. The molecule has 0 aliphatic rings. The Labute approximate surface area is 315 Å². The van der Waals surface area contributed by atoms with Gasteiger partial charge in [-0.2, -0.15) is 0 Å². The molecule has 0 spiro atoms. The molecule has 5 rings (SSSR count). The van der Waals surface area contributed by atoms with Crippen LogP contribution in [0.2, 0.25) is 0 Å². The number of benzene rings is 3. The number of carbonyl (C=O) groups is 4. The summed E-state index contributed by atoms with van der Waals surface area (Å²) in [4.78, 5) is 63.7. The summed E-state index contributed by atoms with van der Waals surface area (Å²) in [5, 5.41) is 0. The molecule has 5 aromatic rings. The molecule has 2 heterocycles. The Bertz CT molecular complexity index is 2010. The molecule has 10 nitrogen and oxygen atoms in total. The molecule has 0 saturated carbocycles. The number of nitrogens with zero attached hydrogens (tertiary/aromatic N) is 2. The topological polar surface area (TPSA) is 131 Å². The van der Waals surface area contributed by atoms with Gasteiger partial charge in [0.25, 0.3) is 0 Å². The van der Waals surface area contributed by atoms with Gasteiger partial charge in [-0.3, -0.25) is 0 Å². The lowest BCUT2D eigenvalue weighted by atomic mass is 9.92. The second-order valence-electron chi connectivity index (χ2n) is 14.3. The summed E-state index contributed by atoms with van der Waals surface area (Å²) >= 11 is 0. The van der Waals surface area contributed by atoms with Crippen molar-refractivity contribution in [2.75, 3.05) is 13.2 Å². The number of pyridine rings is 2. The van der Waals surface area contributed by atoms with Gasteiger partial charge in [0.1, 0.15) is 22.6 Å². The summed E-state index contributed by atoms with van der Waals surface area (Å²) in [7, 11) is 0. The van der Waals surface area contributed by atoms with Crippen LogP contribution in [-0.2, 0) is 18.9 Å². The van der Waals surface area contributed by atoms with Gasteiger partial charge in [-0.1, -0.05) is 84.9 Å². The van der Waals surface area contributed by atoms with E-state index in [1.807, 2.05) is 60.7 Å². The van der Waals surface area contributed by atoms with Crippen molar-refractivity contribution in [3.05, 3.63) is 120 Å². The molecule has 0 radical (unpaired) electrons. The summed E-state index contributed by atoms with van der Waals surface area (Å²) in [5.41, 5.74) is 2.15. The van der Waals surface area contributed by atoms with Crippen molar-refractivity contribution in [1.82, 2.24) is 9.97 Å². The van der Waals surface area contributed by atoms with Crippen LogP contribution < -0.4 is 0 Å². The number of carbonyl (C=O) groups excluding carboxylic acids is 4. The summed E-state index contributed by atoms with van der Waals surface area (Å²) in [6.07, 6.45) is 0. The lowest BCUT2D eigenvalue weighted by molar-refractivity contribution is 0.00581. The highest BCUT2D eigenvalue weighted by Gasteiger charge is 2.30. The predicted octanol–water partition coefficient (Wildman–Crippen LogP) is 9.41. The Kier molecular flexibility index (Phi) is 11.7. The Morgan fingerprint density at radius 1 is 0.481 bits per heavy atom. The van der Waals surface area contributed by atoms with Gasteiger partial charge in [-0.05, 0) is 78.6 Å². The van der Waals surface area contributed by atoms with E-state index in [2.05, 4.69) is 9.97 Å². The third-order valence-corrected chi connectivity index (χ3v) is 7.82. The van der Waals surface area contributed by atoms with E-state index in [0.29, 0.717) is 33.4 Å². The number of rotatable bonds is 10. The van der Waals surface area contributed by atoms with Crippen molar-refractivity contribution in [2.24, 2.45) is 0 Å². The first-order valence-corrected chi connectivity index (χ1v) is 17.7. The van der Waals surface area contributed by atoms with Gasteiger partial charge in [-0.15, -0.1) is 0 Å². The van der Waals surface area contributed by atoms with Gasteiger partial charge in [-0.25, -0.2) is 29.1 Å². The minimum Gasteiger partial charge on any atom is -0.461 e. The largest absolute Gasteiger partial charge is 0.461 e. The van der Waals surface area contributed by atoms with E-state index in [0.717, 1.165) is 0 Å². The lowest BCUT2D eigenvalue weighted by Gasteiger charge is -2.23. The molecule has 0 aliphatic heterocycles. The van der Waals surface area contributed by atoms with Crippen molar-refractivity contribution < 1.29 is 38.1 Å². The molecule has 3 aromatic carbocycles. The maximum absolute atomic E-state index is 14.0. The number of hydrogen-bond donors (Lipinski definition) is 0. The van der Waals surface area contributed by atoms with E-state index in [4.69, 9.17) is 18.9 Å². The van der Waals surface area contributed by atoms with Crippen molar-refractivity contribution in [3.8, 4) is 44.8 Å². The van der Waals surface area contributed by atoms with Crippen LogP contribution in [0.3, 0.4) is 0 Å². The minimum atomic E-state index is -0.837. The van der Waals surface area contributed by atoms with Crippen LogP contribution in [0, 0.1) is 0 Å². The molecule has 0 unspecified atom stereocenters. The van der Waals surface area contributed by atoms with Crippen molar-refractivity contribution in [1.29, 1.82) is 0 Å². The van der Waals surface area contributed by atoms with Crippen LogP contribution in [0.5, 0.6) is 0 Å². The summed E-state index contributed by atoms with van der Waals surface area (Å²) in [6, 6.07) is 28.2. The van der Waals surface area contributed by atoms with Gasteiger partial charge in [0, 0.05) is 22.3 Å². The minimum absolute atomic E-state index is 0.00519. The normalized spacial score (nSPS) is 11.4. The fourth-order valence-electron chi connectivity index (χ4n) is 5.68. The summed E-state index contributed by atoms with van der Waals surface area (Å²) in [5.74, 6) is -2.57. The summed E-state index contributed by atoms with van der Waals surface area (Å²) < 4.78 is 22.4. The highest BCUT2D eigenvalue weighted by atomic mass is 16.6. The molecular weight excluding hydrogens is 684 g/mol. The molecule has 0 fully saturated rings. The molecular formula is C44H44N2O8. The molecule has 0 atom stereocenters. The first kappa shape index (κ1) is 39.1. The van der Waals surface area contributed by atoms with Crippen molar-refractivity contribution in [3.63, 3.8) is 0 Å². The fraction of sp³-hybridized carbons (Fsp3) is 0.273. The quantitative estimate of drug-likeness (QED) is 0.101. The van der Waals surface area contributed by atoms with Gasteiger partial charge in [0.2, 0.25) is 0 Å². The van der Waals surface area contributed by atoms with Gasteiger partial charge in [0.15, 0.2) is 0 Å². The van der Waals surface area contributed by atoms with Gasteiger partial charge < -0.3 is 18.9 Å². The average Bonchev–Trinajstić information content (AvgIpc) is 3.13. The van der Waals surface area contributed by atoms with Crippen LogP contribution >= 0.6 is 0 Å². The highest BCUT2D eigenvalue weighted by molar-refractivity contribution is 6.07. The standard InChI is InChI=1S/C44H44N2O8/c1-9-51-39(47)33-25-31(27-17-13-11-14-18-27)35(41(49)53-43(3,4)5)37(45-33)29-21-23-30(24-22-29)38-36(42(50)54-44(6,7)8)32(28-19-15-12-16-20-28)26-34(46-38)40(48)52-10-2/h11-26H,9-10H2,1-8H3. The monoisotopic (exact) mass is 728 g/mol. The third-order valence-electron chi connectivity index (χ3n) is 7.82. The van der Waals surface area contributed by atoms with Crippen LogP contribution in [-0.4, -0.2) is 58.3 Å². The zero-order valence-electron chi connectivity index (χ0n) is 31.8. The van der Waals surface area contributed by atoms with Crippen LogP contribution in [0.15, 0.2) is 97.1 Å². The van der Waals surface area contributed by atoms with E-state index >= 15 is 0 Å². The number of ether oxygens (including phenoxy) is 4. The average molecular weight is 729 g/mol. The third kappa shape index (κ3) is 9.25. The van der Waals surface area contributed by atoms with E-state index in [1.54, 1.807) is 79.7 Å². The molecule has 0 amide bonds. The Morgan fingerprint density at radius 3 is 1.11 bits per heavy atom. The first-order chi connectivity index (χ1) is 25.6. The van der Waals surface area contributed by atoms with Gasteiger partial charge >= 0.3 is 23.9 Å². The second kappa shape index (κ2) is 16.2. The molecule has 0 aliphatic carbocycles. The fourth-order valence-corrected chi connectivity index (χ4v) is 5.68. The van der Waals surface area contributed by atoms with Crippen molar-refractivity contribution in [2.45, 2.75) is 66.6 Å². The molecule has 2 aromatic heterocycles. The Hall–Kier alpha value is -6.16. The predicted molar refractivity (Wildman–Crippen MR) is 206 cm³/mol. The second-order valence-corrected chi connectivity index (χ2v) is 14.3. The van der Waals surface area contributed by atoms with Crippen LogP contribution in [0.4, 0.5) is 0 Å². The van der Waals surface area contributed by atoms with E-state index in [1.165, 1.54) is 12.1 Å². The maximum atomic E-state index is 14.0. The Balaban J connectivity index is 1.78. The van der Waals surface area contributed by atoms with Gasteiger partial charge in [0.05, 0.1) is 35.7 Å². The number of esters is 4. The molecule has 10 heteroatoms. The van der Waals surface area contributed by atoms with E-state index in [-0.39, 0.29) is 47.1 Å². The van der Waals surface area contributed by atoms with Crippen molar-refractivity contribution >= 4 is 23.9 Å². The maximum Gasteiger partial charge on any atom is 0.356 e. The zero-order valence-corrected chi connectivity index (χ0v) is 31.8. The lowest BCUT2D eigenvalue weighted by Crippen LogP contribution is -2.25. The van der Waals surface area contributed by atoms with E-state index < -0.39 is 35.1 Å². The SMILES string of the molecule is CCOC(=O)c1cc(-c2ccccc2)c(C(=O)OC(C)(C)C)c(-c2ccc(-c3nc(C(=O)OCC)cc(-c4ccccc4)c3C(=O)OC(C)(C)C)cc2)n1. The molecule has 0 N–H and O–H groups in total. The van der Waals surface area contributed by atoms with Crippen LogP contribution in [0.25, 0.3) is 44.8 Å². The molecule has 278 valence electrons.